The maximum atomic E-state index is 13.1. The van der Waals surface area contributed by atoms with Gasteiger partial charge in [-0.1, -0.05) is 0 Å². The van der Waals surface area contributed by atoms with Gasteiger partial charge in [0.1, 0.15) is 6.33 Å². The van der Waals surface area contributed by atoms with Gasteiger partial charge in [-0.3, -0.25) is 0 Å². The van der Waals surface area contributed by atoms with E-state index in [-0.39, 0.29) is 5.82 Å². The molecule has 1 heterocycles. The van der Waals surface area contributed by atoms with Crippen LogP contribution in [-0.4, -0.2) is 22.4 Å². The third kappa shape index (κ3) is 2.04. The summed E-state index contributed by atoms with van der Waals surface area (Å²) in [5, 5.41) is 2.75. The quantitative estimate of drug-likeness (QED) is 0.734. The molecule has 1 aromatic rings. The van der Waals surface area contributed by atoms with Crippen LogP contribution in [0.3, 0.4) is 0 Å². The van der Waals surface area contributed by atoms with Crippen molar-refractivity contribution in [3.05, 3.63) is 17.8 Å². The van der Waals surface area contributed by atoms with Gasteiger partial charge in [0.25, 0.3) is 0 Å². The lowest BCUT2D eigenvalue weighted by molar-refractivity contribution is 0.605. The van der Waals surface area contributed by atoms with E-state index in [1.165, 1.54) is 6.33 Å². The molecule has 0 bridgehead atoms. The van der Waals surface area contributed by atoms with E-state index in [0.29, 0.717) is 18.1 Å². The highest BCUT2D eigenvalue weighted by Gasteiger charge is 2.05. The number of nitrogens with one attached hydrogen (secondary N) is 1. The fraction of sp³-hybridized carbons (Fsp3) is 0.429. The van der Waals surface area contributed by atoms with Gasteiger partial charge >= 0.3 is 0 Å². The monoisotopic (exact) mass is 189 g/mol. The van der Waals surface area contributed by atoms with Crippen molar-refractivity contribution >= 4 is 17.4 Å². The molecule has 0 spiro atoms. The molecule has 0 atom stereocenters. The van der Waals surface area contributed by atoms with E-state index in [2.05, 4.69) is 15.3 Å². The third-order valence-corrected chi connectivity index (χ3v) is 1.54. The van der Waals surface area contributed by atoms with Gasteiger partial charge in [-0.2, -0.15) is 0 Å². The number of aryl methyl sites for hydroxylation is 1. The predicted octanol–water partition coefficient (Wildman–Crippen LogP) is 1.57. The summed E-state index contributed by atoms with van der Waals surface area (Å²) in [5.41, 5.74) is 0.335. The van der Waals surface area contributed by atoms with Crippen molar-refractivity contribution in [2.75, 3.05) is 17.7 Å². The van der Waals surface area contributed by atoms with Crippen LogP contribution in [0.25, 0.3) is 0 Å². The van der Waals surface area contributed by atoms with Crippen LogP contribution in [0.5, 0.6) is 0 Å². The second kappa shape index (κ2) is 4.21. The summed E-state index contributed by atoms with van der Waals surface area (Å²) in [7, 11) is 0. The molecule has 0 aromatic carbocycles. The molecule has 0 aliphatic rings. The maximum absolute atomic E-state index is 13.1. The number of anilines is 1. The van der Waals surface area contributed by atoms with Crippen molar-refractivity contribution < 1.29 is 4.39 Å². The smallest absolute Gasteiger partial charge is 0.186 e. The standard InChI is InChI=1S/C7H9ClFN3/c1-5-6(9)7(10-3-2-8)12-4-11-5/h4H,2-3H2,1H3,(H,10,11,12). The van der Waals surface area contributed by atoms with Gasteiger partial charge in [0.2, 0.25) is 0 Å². The summed E-state index contributed by atoms with van der Waals surface area (Å²) in [6.07, 6.45) is 1.31. The van der Waals surface area contributed by atoms with E-state index < -0.39 is 5.82 Å². The molecular formula is C7H9ClFN3. The van der Waals surface area contributed by atoms with Crippen LogP contribution in [0.1, 0.15) is 5.69 Å². The highest BCUT2D eigenvalue weighted by atomic mass is 35.5. The first-order valence-electron chi connectivity index (χ1n) is 3.52. The molecule has 0 radical (unpaired) electrons. The average molecular weight is 190 g/mol. The Kier molecular flexibility index (Phi) is 3.22. The number of rotatable bonds is 3. The summed E-state index contributed by atoms with van der Waals surface area (Å²) in [5.74, 6) is 0.216. The van der Waals surface area contributed by atoms with E-state index in [9.17, 15) is 4.39 Å². The van der Waals surface area contributed by atoms with Crippen LogP contribution < -0.4 is 5.32 Å². The van der Waals surface area contributed by atoms with Crippen molar-refractivity contribution in [3.8, 4) is 0 Å². The summed E-state index contributed by atoms with van der Waals surface area (Å²) in [6.45, 7) is 2.08. The van der Waals surface area contributed by atoms with Crippen LogP contribution in [0.15, 0.2) is 6.33 Å². The Hall–Kier alpha value is -0.900. The Morgan fingerprint density at radius 3 is 3.00 bits per heavy atom. The van der Waals surface area contributed by atoms with Gasteiger partial charge in [0.15, 0.2) is 11.6 Å². The van der Waals surface area contributed by atoms with Gasteiger partial charge in [0.05, 0.1) is 5.69 Å². The van der Waals surface area contributed by atoms with Crippen LogP contribution in [0, 0.1) is 12.7 Å². The third-order valence-electron chi connectivity index (χ3n) is 1.35. The predicted molar refractivity (Wildman–Crippen MR) is 45.9 cm³/mol. The average Bonchev–Trinajstić information content (AvgIpc) is 2.08. The zero-order chi connectivity index (χ0) is 8.97. The van der Waals surface area contributed by atoms with Gasteiger partial charge in [-0.05, 0) is 6.92 Å². The normalized spacial score (nSPS) is 9.92. The molecule has 66 valence electrons. The molecule has 0 aliphatic carbocycles. The van der Waals surface area contributed by atoms with Gasteiger partial charge in [-0.25, -0.2) is 14.4 Å². The molecule has 0 unspecified atom stereocenters. The van der Waals surface area contributed by atoms with Gasteiger partial charge < -0.3 is 5.32 Å². The molecule has 12 heavy (non-hydrogen) atoms. The van der Waals surface area contributed by atoms with Crippen LogP contribution >= 0.6 is 11.6 Å². The SMILES string of the molecule is Cc1ncnc(NCCCl)c1F. The first kappa shape index (κ1) is 9.19. The van der Waals surface area contributed by atoms with Gasteiger partial charge in [0, 0.05) is 12.4 Å². The number of aromatic nitrogens is 2. The Balaban J connectivity index is 2.78. The first-order valence-corrected chi connectivity index (χ1v) is 4.06. The minimum atomic E-state index is -0.414. The molecule has 3 nitrogen and oxygen atoms in total. The van der Waals surface area contributed by atoms with E-state index in [1.54, 1.807) is 6.92 Å². The fourth-order valence-corrected chi connectivity index (χ4v) is 0.841. The van der Waals surface area contributed by atoms with E-state index >= 15 is 0 Å². The molecule has 1 aromatic heterocycles. The minimum absolute atomic E-state index is 0.211. The van der Waals surface area contributed by atoms with Gasteiger partial charge in [-0.15, -0.1) is 11.6 Å². The molecule has 1 rings (SSSR count). The lowest BCUT2D eigenvalue weighted by Crippen LogP contribution is -2.07. The molecule has 0 fully saturated rings. The summed E-state index contributed by atoms with van der Waals surface area (Å²) in [4.78, 5) is 7.41. The van der Waals surface area contributed by atoms with E-state index in [1.807, 2.05) is 0 Å². The summed E-state index contributed by atoms with van der Waals surface area (Å²) >= 11 is 5.42. The second-order valence-corrected chi connectivity index (χ2v) is 2.62. The second-order valence-electron chi connectivity index (χ2n) is 2.24. The maximum Gasteiger partial charge on any atom is 0.186 e. The lowest BCUT2D eigenvalue weighted by atomic mass is 10.4. The number of alkyl halides is 1. The summed E-state index contributed by atoms with van der Waals surface area (Å²) in [6, 6.07) is 0. The Morgan fingerprint density at radius 2 is 2.33 bits per heavy atom. The van der Waals surface area contributed by atoms with Crippen molar-refractivity contribution in [1.82, 2.24) is 9.97 Å². The molecule has 0 aliphatic heterocycles. The Bertz CT molecular complexity index is 267. The highest BCUT2D eigenvalue weighted by molar-refractivity contribution is 6.18. The zero-order valence-corrected chi connectivity index (χ0v) is 7.40. The van der Waals surface area contributed by atoms with Crippen LogP contribution in [0.4, 0.5) is 10.2 Å². The van der Waals surface area contributed by atoms with Crippen LogP contribution in [0.2, 0.25) is 0 Å². The topological polar surface area (TPSA) is 37.8 Å². The Labute approximate surface area is 75.0 Å². The molecule has 1 N–H and O–H groups in total. The van der Waals surface area contributed by atoms with Crippen molar-refractivity contribution in [1.29, 1.82) is 0 Å². The number of nitrogens with zero attached hydrogens (tertiary/aromatic N) is 2. The van der Waals surface area contributed by atoms with Crippen molar-refractivity contribution in [2.24, 2.45) is 0 Å². The molecule has 0 saturated carbocycles. The number of halogens is 2. The minimum Gasteiger partial charge on any atom is -0.366 e. The summed E-state index contributed by atoms with van der Waals surface area (Å²) < 4.78 is 13.1. The molecule has 0 amide bonds. The van der Waals surface area contributed by atoms with E-state index in [4.69, 9.17) is 11.6 Å². The largest absolute Gasteiger partial charge is 0.366 e. The van der Waals surface area contributed by atoms with Crippen LogP contribution in [-0.2, 0) is 0 Å². The molecule has 0 saturated heterocycles. The van der Waals surface area contributed by atoms with Crippen molar-refractivity contribution in [2.45, 2.75) is 6.92 Å². The van der Waals surface area contributed by atoms with Crippen molar-refractivity contribution in [3.63, 3.8) is 0 Å². The zero-order valence-electron chi connectivity index (χ0n) is 6.64. The number of hydrogen-bond donors (Lipinski definition) is 1. The fourth-order valence-electron chi connectivity index (χ4n) is 0.747. The number of hydrogen-bond acceptors (Lipinski definition) is 3. The highest BCUT2D eigenvalue weighted by Crippen LogP contribution is 2.10. The first-order chi connectivity index (χ1) is 5.75. The molecule has 5 heteroatoms. The van der Waals surface area contributed by atoms with E-state index in [0.717, 1.165) is 0 Å². The lowest BCUT2D eigenvalue weighted by Gasteiger charge is -2.04. The Morgan fingerprint density at radius 1 is 1.58 bits per heavy atom. The molecular weight excluding hydrogens is 181 g/mol.